The van der Waals surface area contributed by atoms with Crippen molar-refractivity contribution in [2.75, 3.05) is 13.2 Å². The Morgan fingerprint density at radius 3 is 3.00 bits per heavy atom. The minimum absolute atomic E-state index is 0.526. The second-order valence-electron chi connectivity index (χ2n) is 4.39. The van der Waals surface area contributed by atoms with E-state index in [1.165, 1.54) is 24.8 Å². The van der Waals surface area contributed by atoms with E-state index < -0.39 is 0 Å². The Balaban J connectivity index is 2.03. The summed E-state index contributed by atoms with van der Waals surface area (Å²) < 4.78 is 5.61. The van der Waals surface area contributed by atoms with Gasteiger partial charge in [-0.05, 0) is 32.4 Å². The molecule has 17 heavy (non-hydrogen) atoms. The van der Waals surface area contributed by atoms with Crippen LogP contribution in [0.2, 0.25) is 0 Å². The summed E-state index contributed by atoms with van der Waals surface area (Å²) in [4.78, 5) is 0. The first kappa shape index (κ1) is 12.2. The highest BCUT2D eigenvalue weighted by atomic mass is 16.5. The van der Waals surface area contributed by atoms with Gasteiger partial charge in [-0.15, -0.1) is 0 Å². The molecular formula is C15H21NO. The number of para-hydroxylation sites is 1. The third-order valence-corrected chi connectivity index (χ3v) is 3.08. The summed E-state index contributed by atoms with van der Waals surface area (Å²) in [6.45, 7) is 3.87. The van der Waals surface area contributed by atoms with Gasteiger partial charge in [0.15, 0.2) is 0 Å². The fraction of sp³-hybridized carbons (Fsp3) is 0.467. The summed E-state index contributed by atoms with van der Waals surface area (Å²) in [5.74, 6) is 0.974. The second-order valence-corrected chi connectivity index (χ2v) is 4.39. The van der Waals surface area contributed by atoms with E-state index in [9.17, 15) is 0 Å². The number of hydrogen-bond donors (Lipinski definition) is 1. The number of benzene rings is 1. The fourth-order valence-corrected chi connectivity index (χ4v) is 2.17. The van der Waals surface area contributed by atoms with Crippen molar-refractivity contribution in [3.63, 3.8) is 0 Å². The average Bonchev–Trinajstić information content (AvgIpc) is 2.39. The van der Waals surface area contributed by atoms with E-state index in [4.69, 9.17) is 4.74 Å². The van der Waals surface area contributed by atoms with Crippen molar-refractivity contribution in [3.05, 3.63) is 35.9 Å². The molecule has 1 aliphatic rings. The molecule has 1 unspecified atom stereocenters. The molecule has 0 spiro atoms. The number of hydrogen-bond acceptors (Lipinski definition) is 2. The number of ether oxygens (including phenoxy) is 1. The van der Waals surface area contributed by atoms with Crippen molar-refractivity contribution in [3.8, 4) is 5.75 Å². The van der Waals surface area contributed by atoms with Crippen LogP contribution in [0.1, 0.15) is 31.7 Å². The van der Waals surface area contributed by atoms with E-state index >= 15 is 0 Å². The summed E-state index contributed by atoms with van der Waals surface area (Å²) in [7, 11) is 0. The SMILES string of the molecule is CCOc1ccccc1/C=C/C1CCCCN1. The van der Waals surface area contributed by atoms with Crippen molar-refractivity contribution >= 4 is 6.08 Å². The molecule has 1 aromatic carbocycles. The van der Waals surface area contributed by atoms with Crippen LogP contribution in [0.25, 0.3) is 6.08 Å². The molecule has 2 rings (SSSR count). The first-order valence-corrected chi connectivity index (χ1v) is 6.53. The van der Waals surface area contributed by atoms with Crippen LogP contribution < -0.4 is 10.1 Å². The van der Waals surface area contributed by atoms with Crippen LogP contribution in [-0.4, -0.2) is 19.2 Å². The molecule has 0 radical (unpaired) electrons. The molecule has 0 bridgehead atoms. The summed E-state index contributed by atoms with van der Waals surface area (Å²) in [6.07, 6.45) is 8.31. The Kier molecular flexibility index (Phi) is 4.63. The zero-order valence-electron chi connectivity index (χ0n) is 10.5. The van der Waals surface area contributed by atoms with E-state index in [1.54, 1.807) is 0 Å². The van der Waals surface area contributed by atoms with E-state index in [0.717, 1.165) is 12.3 Å². The van der Waals surface area contributed by atoms with Gasteiger partial charge < -0.3 is 10.1 Å². The molecule has 1 fully saturated rings. The van der Waals surface area contributed by atoms with Gasteiger partial charge in [0, 0.05) is 11.6 Å². The Morgan fingerprint density at radius 2 is 2.24 bits per heavy atom. The maximum atomic E-state index is 5.61. The molecular weight excluding hydrogens is 210 g/mol. The maximum absolute atomic E-state index is 5.61. The van der Waals surface area contributed by atoms with Gasteiger partial charge in [-0.1, -0.05) is 36.8 Å². The Morgan fingerprint density at radius 1 is 1.35 bits per heavy atom. The molecule has 92 valence electrons. The monoisotopic (exact) mass is 231 g/mol. The van der Waals surface area contributed by atoms with Gasteiger partial charge in [0.2, 0.25) is 0 Å². The molecule has 0 aliphatic carbocycles. The minimum Gasteiger partial charge on any atom is -0.493 e. The van der Waals surface area contributed by atoms with Crippen LogP contribution in [0, 0.1) is 0 Å². The normalized spacial score (nSPS) is 20.6. The molecule has 0 saturated carbocycles. The first-order valence-electron chi connectivity index (χ1n) is 6.53. The third kappa shape index (κ3) is 3.60. The molecule has 2 nitrogen and oxygen atoms in total. The summed E-state index contributed by atoms with van der Waals surface area (Å²) in [6, 6.07) is 8.72. The molecule has 1 aliphatic heterocycles. The molecule has 0 amide bonds. The Hall–Kier alpha value is -1.28. The minimum atomic E-state index is 0.526. The number of piperidine rings is 1. The topological polar surface area (TPSA) is 21.3 Å². The largest absolute Gasteiger partial charge is 0.493 e. The van der Waals surface area contributed by atoms with Gasteiger partial charge in [0.1, 0.15) is 5.75 Å². The molecule has 2 heteroatoms. The fourth-order valence-electron chi connectivity index (χ4n) is 2.17. The first-order chi connectivity index (χ1) is 8.40. The van der Waals surface area contributed by atoms with Gasteiger partial charge in [-0.2, -0.15) is 0 Å². The lowest BCUT2D eigenvalue weighted by atomic mass is 10.0. The van der Waals surface area contributed by atoms with Crippen LogP contribution in [0.15, 0.2) is 30.3 Å². The molecule has 1 heterocycles. The number of rotatable bonds is 4. The van der Waals surface area contributed by atoms with Crippen LogP contribution >= 0.6 is 0 Å². The lowest BCUT2D eigenvalue weighted by Gasteiger charge is -2.20. The van der Waals surface area contributed by atoms with Crippen molar-refractivity contribution in [1.29, 1.82) is 0 Å². The van der Waals surface area contributed by atoms with Crippen LogP contribution in [0.4, 0.5) is 0 Å². The Bertz CT molecular complexity index is 367. The molecule has 1 aromatic rings. The van der Waals surface area contributed by atoms with E-state index in [1.807, 2.05) is 19.1 Å². The van der Waals surface area contributed by atoms with Crippen LogP contribution in [-0.2, 0) is 0 Å². The lowest BCUT2D eigenvalue weighted by Crippen LogP contribution is -2.31. The molecule has 1 atom stereocenters. The van der Waals surface area contributed by atoms with Gasteiger partial charge in [0.25, 0.3) is 0 Å². The van der Waals surface area contributed by atoms with Crippen molar-refractivity contribution < 1.29 is 4.74 Å². The quantitative estimate of drug-likeness (QED) is 0.859. The van der Waals surface area contributed by atoms with Crippen molar-refractivity contribution in [2.45, 2.75) is 32.2 Å². The van der Waals surface area contributed by atoms with E-state index in [-0.39, 0.29) is 0 Å². The third-order valence-electron chi connectivity index (χ3n) is 3.08. The maximum Gasteiger partial charge on any atom is 0.126 e. The van der Waals surface area contributed by atoms with Crippen LogP contribution in [0.3, 0.4) is 0 Å². The molecule has 1 N–H and O–H groups in total. The number of nitrogens with one attached hydrogen (secondary N) is 1. The van der Waals surface area contributed by atoms with Crippen molar-refractivity contribution in [2.24, 2.45) is 0 Å². The second kappa shape index (κ2) is 6.45. The van der Waals surface area contributed by atoms with Gasteiger partial charge >= 0.3 is 0 Å². The van der Waals surface area contributed by atoms with E-state index in [0.29, 0.717) is 12.6 Å². The highest BCUT2D eigenvalue weighted by molar-refractivity contribution is 5.57. The summed E-state index contributed by atoms with van der Waals surface area (Å²) >= 11 is 0. The predicted molar refractivity (Wildman–Crippen MR) is 72.3 cm³/mol. The van der Waals surface area contributed by atoms with Crippen molar-refractivity contribution in [1.82, 2.24) is 5.32 Å². The van der Waals surface area contributed by atoms with Gasteiger partial charge in [-0.25, -0.2) is 0 Å². The highest BCUT2D eigenvalue weighted by Crippen LogP contribution is 2.20. The predicted octanol–water partition coefficient (Wildman–Crippen LogP) is 3.24. The average molecular weight is 231 g/mol. The standard InChI is InChI=1S/C15H21NO/c1-2-17-15-9-4-3-7-13(15)10-11-14-8-5-6-12-16-14/h3-4,7,9-11,14,16H,2,5-6,8,12H2,1H3/b11-10+. The summed E-state index contributed by atoms with van der Waals surface area (Å²) in [5.41, 5.74) is 1.17. The Labute approximate surface area is 104 Å². The highest BCUT2D eigenvalue weighted by Gasteiger charge is 2.08. The van der Waals surface area contributed by atoms with Crippen LogP contribution in [0.5, 0.6) is 5.75 Å². The van der Waals surface area contributed by atoms with Gasteiger partial charge in [-0.3, -0.25) is 0 Å². The zero-order valence-corrected chi connectivity index (χ0v) is 10.5. The molecule has 1 saturated heterocycles. The lowest BCUT2D eigenvalue weighted by molar-refractivity contribution is 0.339. The molecule has 0 aromatic heterocycles. The van der Waals surface area contributed by atoms with E-state index in [2.05, 4.69) is 29.6 Å². The zero-order chi connectivity index (χ0) is 11.9. The van der Waals surface area contributed by atoms with Gasteiger partial charge in [0.05, 0.1) is 6.61 Å². The smallest absolute Gasteiger partial charge is 0.126 e. The summed E-state index contributed by atoms with van der Waals surface area (Å²) in [5, 5.41) is 3.51.